The third kappa shape index (κ3) is 2.27. The first-order valence-corrected chi connectivity index (χ1v) is 6.85. The predicted octanol–water partition coefficient (Wildman–Crippen LogP) is 0.875. The van der Waals surface area contributed by atoms with Crippen molar-refractivity contribution >= 4 is 11.6 Å². The monoisotopic (exact) mass is 247 g/mol. The van der Waals surface area contributed by atoms with Gasteiger partial charge < -0.3 is 15.1 Å². The lowest BCUT2D eigenvalue weighted by Crippen LogP contribution is -2.34. The SMILES string of the molecule is CN(c1cc(N2CCCC2)ncn1)C1CCNC1. The smallest absolute Gasteiger partial charge is 0.134 e. The van der Waals surface area contributed by atoms with Gasteiger partial charge in [0.1, 0.15) is 18.0 Å². The van der Waals surface area contributed by atoms with E-state index in [-0.39, 0.29) is 0 Å². The molecule has 2 aliphatic rings. The molecule has 0 aromatic carbocycles. The normalized spacial score (nSPS) is 23.6. The molecule has 2 saturated heterocycles. The molecule has 3 rings (SSSR count). The number of aromatic nitrogens is 2. The van der Waals surface area contributed by atoms with Gasteiger partial charge in [0.05, 0.1) is 0 Å². The zero-order valence-electron chi connectivity index (χ0n) is 11.0. The molecule has 1 N–H and O–H groups in total. The van der Waals surface area contributed by atoms with E-state index < -0.39 is 0 Å². The van der Waals surface area contributed by atoms with Crippen molar-refractivity contribution in [3.63, 3.8) is 0 Å². The number of anilines is 2. The first-order chi connectivity index (χ1) is 8.84. The average molecular weight is 247 g/mol. The summed E-state index contributed by atoms with van der Waals surface area (Å²) < 4.78 is 0. The standard InChI is InChI=1S/C13H21N5/c1-17(11-4-5-14-9-11)12-8-13(16-10-15-12)18-6-2-3-7-18/h8,10-11,14H,2-7,9H2,1H3. The zero-order valence-corrected chi connectivity index (χ0v) is 11.0. The molecule has 1 aromatic rings. The van der Waals surface area contributed by atoms with Crippen LogP contribution in [0.1, 0.15) is 19.3 Å². The quantitative estimate of drug-likeness (QED) is 0.859. The summed E-state index contributed by atoms with van der Waals surface area (Å²) in [4.78, 5) is 13.5. The Kier molecular flexibility index (Phi) is 3.32. The van der Waals surface area contributed by atoms with Crippen LogP contribution in [-0.2, 0) is 0 Å². The highest BCUT2D eigenvalue weighted by atomic mass is 15.3. The first kappa shape index (κ1) is 11.7. The second kappa shape index (κ2) is 5.10. The summed E-state index contributed by atoms with van der Waals surface area (Å²) in [5.74, 6) is 2.12. The number of nitrogens with zero attached hydrogens (tertiary/aromatic N) is 4. The molecule has 1 aromatic heterocycles. The van der Waals surface area contributed by atoms with Crippen LogP contribution in [0.2, 0.25) is 0 Å². The van der Waals surface area contributed by atoms with Crippen molar-refractivity contribution in [1.29, 1.82) is 0 Å². The van der Waals surface area contributed by atoms with E-state index in [9.17, 15) is 0 Å². The Morgan fingerprint density at radius 3 is 2.89 bits per heavy atom. The Bertz CT molecular complexity index is 396. The molecule has 0 spiro atoms. The van der Waals surface area contributed by atoms with Crippen molar-refractivity contribution in [2.45, 2.75) is 25.3 Å². The molecule has 98 valence electrons. The van der Waals surface area contributed by atoms with Crippen LogP contribution in [0.15, 0.2) is 12.4 Å². The van der Waals surface area contributed by atoms with E-state index in [4.69, 9.17) is 0 Å². The molecule has 5 heteroatoms. The Balaban J connectivity index is 1.76. The van der Waals surface area contributed by atoms with Crippen molar-refractivity contribution in [2.24, 2.45) is 0 Å². The van der Waals surface area contributed by atoms with Crippen molar-refractivity contribution in [3.05, 3.63) is 12.4 Å². The molecule has 0 bridgehead atoms. The number of nitrogens with one attached hydrogen (secondary N) is 1. The Hall–Kier alpha value is -1.36. The second-order valence-electron chi connectivity index (χ2n) is 5.19. The van der Waals surface area contributed by atoms with E-state index in [0.29, 0.717) is 6.04 Å². The topological polar surface area (TPSA) is 44.3 Å². The van der Waals surface area contributed by atoms with Crippen molar-refractivity contribution in [3.8, 4) is 0 Å². The fourth-order valence-electron chi connectivity index (χ4n) is 2.81. The van der Waals surface area contributed by atoms with Gasteiger partial charge in [0.15, 0.2) is 0 Å². The minimum atomic E-state index is 0.561. The molecule has 3 heterocycles. The first-order valence-electron chi connectivity index (χ1n) is 6.85. The molecule has 0 amide bonds. The van der Waals surface area contributed by atoms with Gasteiger partial charge in [0.25, 0.3) is 0 Å². The zero-order chi connectivity index (χ0) is 12.4. The van der Waals surface area contributed by atoms with Crippen LogP contribution >= 0.6 is 0 Å². The molecule has 2 fully saturated rings. The lowest BCUT2D eigenvalue weighted by molar-refractivity contribution is 0.676. The molecule has 2 aliphatic heterocycles. The maximum atomic E-state index is 4.42. The van der Waals surface area contributed by atoms with Gasteiger partial charge in [-0.1, -0.05) is 0 Å². The lowest BCUT2D eigenvalue weighted by atomic mass is 10.2. The minimum Gasteiger partial charge on any atom is -0.356 e. The number of rotatable bonds is 3. The molecule has 0 radical (unpaired) electrons. The molecule has 5 nitrogen and oxygen atoms in total. The van der Waals surface area contributed by atoms with Gasteiger partial charge >= 0.3 is 0 Å². The molecule has 0 aliphatic carbocycles. The van der Waals surface area contributed by atoms with Gasteiger partial charge in [-0.15, -0.1) is 0 Å². The van der Waals surface area contributed by atoms with Gasteiger partial charge in [-0.3, -0.25) is 0 Å². The number of likely N-dealkylation sites (N-methyl/N-ethyl adjacent to an activating group) is 1. The molecule has 1 unspecified atom stereocenters. The van der Waals surface area contributed by atoms with Crippen LogP contribution in [0.5, 0.6) is 0 Å². The van der Waals surface area contributed by atoms with Crippen LogP contribution in [0, 0.1) is 0 Å². The average Bonchev–Trinajstić information content (AvgIpc) is 3.11. The van der Waals surface area contributed by atoms with Crippen molar-refractivity contribution in [1.82, 2.24) is 15.3 Å². The molecular formula is C13H21N5. The highest BCUT2D eigenvalue weighted by molar-refractivity contribution is 5.50. The number of hydrogen-bond donors (Lipinski definition) is 1. The maximum Gasteiger partial charge on any atom is 0.134 e. The van der Waals surface area contributed by atoms with Gasteiger partial charge in [-0.25, -0.2) is 9.97 Å². The molecule has 0 saturated carbocycles. The predicted molar refractivity (Wildman–Crippen MR) is 73.2 cm³/mol. The van der Waals surface area contributed by atoms with Gasteiger partial charge in [0, 0.05) is 38.8 Å². The van der Waals surface area contributed by atoms with Crippen molar-refractivity contribution < 1.29 is 0 Å². The van der Waals surface area contributed by atoms with Crippen LogP contribution in [0.25, 0.3) is 0 Å². The fraction of sp³-hybridized carbons (Fsp3) is 0.692. The highest BCUT2D eigenvalue weighted by Gasteiger charge is 2.21. The van der Waals surface area contributed by atoms with E-state index in [2.05, 4.69) is 38.2 Å². The van der Waals surface area contributed by atoms with E-state index in [0.717, 1.165) is 37.8 Å². The Labute approximate surface area is 108 Å². The third-order valence-corrected chi connectivity index (χ3v) is 4.01. The van der Waals surface area contributed by atoms with Crippen molar-refractivity contribution in [2.75, 3.05) is 43.0 Å². The lowest BCUT2D eigenvalue weighted by Gasteiger charge is -2.26. The second-order valence-corrected chi connectivity index (χ2v) is 5.19. The molecule has 1 atom stereocenters. The minimum absolute atomic E-state index is 0.561. The van der Waals surface area contributed by atoms with Crippen LogP contribution in [0.4, 0.5) is 11.6 Å². The van der Waals surface area contributed by atoms with E-state index in [1.54, 1.807) is 6.33 Å². The third-order valence-electron chi connectivity index (χ3n) is 4.01. The largest absolute Gasteiger partial charge is 0.356 e. The highest BCUT2D eigenvalue weighted by Crippen LogP contribution is 2.22. The molecule has 18 heavy (non-hydrogen) atoms. The van der Waals surface area contributed by atoms with Crippen LogP contribution in [-0.4, -0.2) is 49.2 Å². The van der Waals surface area contributed by atoms with E-state index >= 15 is 0 Å². The Morgan fingerprint density at radius 2 is 2.17 bits per heavy atom. The summed E-state index contributed by atoms with van der Waals surface area (Å²) in [6.45, 7) is 4.43. The summed E-state index contributed by atoms with van der Waals surface area (Å²) in [7, 11) is 2.13. The summed E-state index contributed by atoms with van der Waals surface area (Å²) in [6, 6.07) is 2.69. The summed E-state index contributed by atoms with van der Waals surface area (Å²) in [6.07, 6.45) is 5.45. The molecular weight excluding hydrogens is 226 g/mol. The van der Waals surface area contributed by atoms with E-state index in [1.165, 1.54) is 19.3 Å². The summed E-state index contributed by atoms with van der Waals surface area (Å²) in [5.41, 5.74) is 0. The maximum absolute atomic E-state index is 4.42. The van der Waals surface area contributed by atoms with E-state index in [1.807, 2.05) is 0 Å². The van der Waals surface area contributed by atoms with Crippen LogP contribution in [0.3, 0.4) is 0 Å². The van der Waals surface area contributed by atoms with Gasteiger partial charge in [-0.05, 0) is 25.8 Å². The van der Waals surface area contributed by atoms with Gasteiger partial charge in [-0.2, -0.15) is 0 Å². The Morgan fingerprint density at radius 1 is 1.33 bits per heavy atom. The fourth-order valence-corrected chi connectivity index (χ4v) is 2.81. The van der Waals surface area contributed by atoms with Crippen LogP contribution < -0.4 is 15.1 Å². The number of hydrogen-bond acceptors (Lipinski definition) is 5. The summed E-state index contributed by atoms with van der Waals surface area (Å²) in [5, 5.41) is 3.40. The summed E-state index contributed by atoms with van der Waals surface area (Å²) >= 11 is 0. The van der Waals surface area contributed by atoms with Gasteiger partial charge in [0.2, 0.25) is 0 Å².